The molecule has 26 heavy (non-hydrogen) atoms. The number of nitrogens with zero attached hydrogens (tertiary/aromatic N) is 1. The van der Waals surface area contributed by atoms with E-state index in [0.717, 1.165) is 10.2 Å². The average molecular weight is 416 g/mol. The molecular formula is C20H22BrN3O2. The zero-order valence-corrected chi connectivity index (χ0v) is 16.6. The third-order valence-corrected chi connectivity index (χ3v) is 4.26. The molecule has 0 aliphatic rings. The molecule has 0 atom stereocenters. The molecule has 6 heteroatoms. The molecule has 5 nitrogen and oxygen atoms in total. The van der Waals surface area contributed by atoms with E-state index >= 15 is 0 Å². The normalized spacial score (nSPS) is 11.3. The average Bonchev–Trinajstić information content (AvgIpc) is 2.60. The summed E-state index contributed by atoms with van der Waals surface area (Å²) in [5.74, 6) is -0.0496. The van der Waals surface area contributed by atoms with Gasteiger partial charge in [-0.2, -0.15) is 5.10 Å². The number of rotatable bonds is 6. The molecule has 0 spiro atoms. The summed E-state index contributed by atoms with van der Waals surface area (Å²) in [5, 5.41) is 6.81. The third-order valence-electron chi connectivity index (χ3n) is 3.73. The van der Waals surface area contributed by atoms with E-state index in [2.05, 4.69) is 45.6 Å². The minimum absolute atomic E-state index is 0.104. The van der Waals surface area contributed by atoms with Gasteiger partial charge in [0.2, 0.25) is 5.91 Å². The Kier molecular flexibility index (Phi) is 7.09. The number of amides is 2. The van der Waals surface area contributed by atoms with Crippen LogP contribution in [0.5, 0.6) is 0 Å². The van der Waals surface area contributed by atoms with Crippen molar-refractivity contribution < 1.29 is 9.59 Å². The number of carbonyl (C=O) groups is 2. The first-order valence-corrected chi connectivity index (χ1v) is 9.13. The topological polar surface area (TPSA) is 70.6 Å². The molecule has 0 aliphatic carbocycles. The number of hydrogen-bond acceptors (Lipinski definition) is 3. The summed E-state index contributed by atoms with van der Waals surface area (Å²) in [6, 6.07) is 14.7. The first-order chi connectivity index (χ1) is 12.3. The van der Waals surface area contributed by atoms with Crippen molar-refractivity contribution in [3.05, 3.63) is 64.1 Å². The van der Waals surface area contributed by atoms with Gasteiger partial charge in [0.1, 0.15) is 0 Å². The van der Waals surface area contributed by atoms with Crippen LogP contribution in [0.2, 0.25) is 0 Å². The first kappa shape index (κ1) is 19.8. The van der Waals surface area contributed by atoms with Gasteiger partial charge in [0, 0.05) is 21.4 Å². The van der Waals surface area contributed by atoms with Gasteiger partial charge in [-0.05, 0) is 54.8 Å². The molecule has 0 saturated carbocycles. The van der Waals surface area contributed by atoms with Crippen LogP contribution < -0.4 is 10.7 Å². The summed E-state index contributed by atoms with van der Waals surface area (Å²) in [7, 11) is 0. The summed E-state index contributed by atoms with van der Waals surface area (Å²) in [6.07, 6.45) is 0.104. The largest absolute Gasteiger partial charge is 0.326 e. The van der Waals surface area contributed by atoms with Crippen molar-refractivity contribution in [1.29, 1.82) is 0 Å². The summed E-state index contributed by atoms with van der Waals surface area (Å²) < 4.78 is 0.895. The van der Waals surface area contributed by atoms with Gasteiger partial charge in [0.15, 0.2) is 0 Å². The molecule has 0 bridgehead atoms. The van der Waals surface area contributed by atoms with Gasteiger partial charge < -0.3 is 5.32 Å². The van der Waals surface area contributed by atoms with E-state index in [-0.39, 0.29) is 18.2 Å². The molecule has 2 aromatic carbocycles. The van der Waals surface area contributed by atoms with E-state index in [1.54, 1.807) is 31.2 Å². The lowest BCUT2D eigenvalue weighted by Gasteiger charge is -2.08. The summed E-state index contributed by atoms with van der Waals surface area (Å²) in [5.41, 5.74) is 5.44. The van der Waals surface area contributed by atoms with Crippen LogP contribution in [0.15, 0.2) is 58.1 Å². The van der Waals surface area contributed by atoms with Crippen molar-refractivity contribution >= 4 is 39.1 Å². The smallest absolute Gasteiger partial charge is 0.271 e. The lowest BCUT2D eigenvalue weighted by atomic mass is 10.0. The molecule has 0 heterocycles. The van der Waals surface area contributed by atoms with E-state index in [0.29, 0.717) is 17.2 Å². The minimum atomic E-state index is -0.318. The fourth-order valence-electron chi connectivity index (χ4n) is 2.24. The van der Waals surface area contributed by atoms with E-state index in [9.17, 15) is 9.59 Å². The predicted octanol–water partition coefficient (Wildman–Crippen LogP) is 4.71. The van der Waals surface area contributed by atoms with Gasteiger partial charge in [-0.15, -0.1) is 0 Å². The standard InChI is InChI=1S/C20H22BrN3O2/c1-13(2)15-6-10-18(11-7-15)22-19(25)12-14(3)23-24-20(26)16-4-8-17(21)9-5-16/h4-11,13H,12H2,1-3H3,(H,22,25)(H,24,26)/b23-14-. The Balaban J connectivity index is 1.86. The number of hydrazone groups is 1. The van der Waals surface area contributed by atoms with E-state index < -0.39 is 0 Å². The molecular weight excluding hydrogens is 394 g/mol. The van der Waals surface area contributed by atoms with Gasteiger partial charge in [-0.3, -0.25) is 9.59 Å². The number of halogens is 1. The van der Waals surface area contributed by atoms with Crippen molar-refractivity contribution in [2.45, 2.75) is 33.1 Å². The quantitative estimate of drug-likeness (QED) is 0.529. The van der Waals surface area contributed by atoms with Crippen LogP contribution in [-0.2, 0) is 4.79 Å². The molecule has 2 N–H and O–H groups in total. The van der Waals surface area contributed by atoms with Crippen LogP contribution >= 0.6 is 15.9 Å². The van der Waals surface area contributed by atoms with E-state index in [1.807, 2.05) is 24.3 Å². The Morgan fingerprint density at radius 3 is 2.23 bits per heavy atom. The number of carbonyl (C=O) groups excluding carboxylic acids is 2. The lowest BCUT2D eigenvalue weighted by Crippen LogP contribution is -2.21. The highest BCUT2D eigenvalue weighted by Gasteiger charge is 2.07. The van der Waals surface area contributed by atoms with E-state index in [1.165, 1.54) is 5.56 Å². The molecule has 2 amide bonds. The number of nitrogens with one attached hydrogen (secondary N) is 2. The fourth-order valence-corrected chi connectivity index (χ4v) is 2.50. The van der Waals surface area contributed by atoms with Gasteiger partial charge in [0.25, 0.3) is 5.91 Å². The van der Waals surface area contributed by atoms with Crippen LogP contribution in [0.3, 0.4) is 0 Å². The van der Waals surface area contributed by atoms with Gasteiger partial charge in [0.05, 0.1) is 6.42 Å². The fraction of sp³-hybridized carbons (Fsp3) is 0.250. The Morgan fingerprint density at radius 2 is 1.65 bits per heavy atom. The second-order valence-electron chi connectivity index (χ2n) is 6.30. The first-order valence-electron chi connectivity index (χ1n) is 8.34. The Labute approximate surface area is 162 Å². The second-order valence-corrected chi connectivity index (χ2v) is 7.21. The highest BCUT2D eigenvalue weighted by Crippen LogP contribution is 2.17. The van der Waals surface area contributed by atoms with Gasteiger partial charge >= 0.3 is 0 Å². The zero-order chi connectivity index (χ0) is 19.1. The highest BCUT2D eigenvalue weighted by atomic mass is 79.9. The molecule has 0 saturated heterocycles. The second kappa shape index (κ2) is 9.29. The van der Waals surface area contributed by atoms with Crippen molar-refractivity contribution in [2.75, 3.05) is 5.32 Å². The van der Waals surface area contributed by atoms with Crippen LogP contribution in [0, 0.1) is 0 Å². The zero-order valence-electron chi connectivity index (χ0n) is 15.0. The SMILES string of the molecule is C/C(CC(=O)Nc1ccc(C(C)C)cc1)=N/NC(=O)c1ccc(Br)cc1. The highest BCUT2D eigenvalue weighted by molar-refractivity contribution is 9.10. The predicted molar refractivity (Wildman–Crippen MR) is 108 cm³/mol. The van der Waals surface area contributed by atoms with Crippen LogP contribution in [0.4, 0.5) is 5.69 Å². The molecule has 2 rings (SSSR count). The van der Waals surface area contributed by atoms with Crippen molar-refractivity contribution in [2.24, 2.45) is 5.10 Å². The molecule has 0 aromatic heterocycles. The van der Waals surface area contributed by atoms with Crippen LogP contribution in [0.25, 0.3) is 0 Å². The van der Waals surface area contributed by atoms with Crippen molar-refractivity contribution in [3.63, 3.8) is 0 Å². The van der Waals surface area contributed by atoms with Crippen molar-refractivity contribution in [3.8, 4) is 0 Å². The maximum atomic E-state index is 12.1. The third kappa shape index (κ3) is 6.11. The molecule has 0 unspecified atom stereocenters. The monoisotopic (exact) mass is 415 g/mol. The summed E-state index contributed by atoms with van der Waals surface area (Å²) in [6.45, 7) is 5.94. The molecule has 0 radical (unpaired) electrons. The number of benzene rings is 2. The number of hydrogen-bond donors (Lipinski definition) is 2. The molecule has 136 valence electrons. The lowest BCUT2D eigenvalue weighted by molar-refractivity contribution is -0.115. The maximum Gasteiger partial charge on any atom is 0.271 e. The Hall–Kier alpha value is -2.47. The van der Waals surface area contributed by atoms with Gasteiger partial charge in [-0.25, -0.2) is 5.43 Å². The molecule has 0 fully saturated rings. The van der Waals surface area contributed by atoms with E-state index in [4.69, 9.17) is 0 Å². The number of anilines is 1. The Bertz CT molecular complexity index is 797. The molecule has 0 aliphatic heterocycles. The summed E-state index contributed by atoms with van der Waals surface area (Å²) >= 11 is 3.32. The van der Waals surface area contributed by atoms with Gasteiger partial charge in [-0.1, -0.05) is 41.9 Å². The van der Waals surface area contributed by atoms with Crippen LogP contribution in [0.1, 0.15) is 49.0 Å². The van der Waals surface area contributed by atoms with Crippen molar-refractivity contribution in [1.82, 2.24) is 5.43 Å². The molecule has 2 aromatic rings. The summed E-state index contributed by atoms with van der Waals surface area (Å²) in [4.78, 5) is 24.1. The minimum Gasteiger partial charge on any atom is -0.326 e. The maximum absolute atomic E-state index is 12.1. The van der Waals surface area contributed by atoms with Crippen LogP contribution in [-0.4, -0.2) is 17.5 Å². The Morgan fingerprint density at radius 1 is 1.04 bits per heavy atom.